The van der Waals surface area contributed by atoms with Gasteiger partial charge >= 0.3 is 18.2 Å². The van der Waals surface area contributed by atoms with Gasteiger partial charge in [-0.3, -0.25) is 14.6 Å². The second kappa shape index (κ2) is 8.22. The van der Waals surface area contributed by atoms with Gasteiger partial charge in [0, 0.05) is 17.1 Å². The van der Waals surface area contributed by atoms with Crippen molar-refractivity contribution in [3.63, 3.8) is 0 Å². The number of nitrogens with one attached hydrogen (secondary N) is 2. The Bertz CT molecular complexity index is 1310. The highest BCUT2D eigenvalue weighted by atomic mass is 19.4. The molecule has 3 heterocycles. The van der Waals surface area contributed by atoms with Crippen LogP contribution in [0.15, 0.2) is 31.0 Å². The van der Waals surface area contributed by atoms with Crippen LogP contribution in [0.25, 0.3) is 22.3 Å². The van der Waals surface area contributed by atoms with Gasteiger partial charge in [0.05, 0.1) is 5.69 Å². The molecule has 0 unspecified atom stereocenters. The van der Waals surface area contributed by atoms with E-state index in [1.54, 1.807) is 20.8 Å². The van der Waals surface area contributed by atoms with E-state index in [9.17, 15) is 31.5 Å². The van der Waals surface area contributed by atoms with Gasteiger partial charge in [-0.2, -0.15) is 22.0 Å². The summed E-state index contributed by atoms with van der Waals surface area (Å²) >= 11 is 0. The first-order valence-corrected chi connectivity index (χ1v) is 9.74. The Kier molecular flexibility index (Phi) is 6.01. The molecule has 3 aromatic heterocycles. The summed E-state index contributed by atoms with van der Waals surface area (Å²) in [5.41, 5.74) is 1.42. The molecule has 0 atom stereocenters. The maximum absolute atomic E-state index is 14.3. The number of halogens is 5. The molecule has 182 valence electrons. The van der Waals surface area contributed by atoms with Crippen LogP contribution in [0.2, 0.25) is 0 Å². The van der Waals surface area contributed by atoms with E-state index in [4.69, 9.17) is 4.74 Å². The van der Waals surface area contributed by atoms with Gasteiger partial charge in [0.25, 0.3) is 5.91 Å². The van der Waals surface area contributed by atoms with Crippen LogP contribution in [0.5, 0.6) is 0 Å². The quantitative estimate of drug-likeness (QED) is 0.413. The first-order chi connectivity index (χ1) is 15.5. The van der Waals surface area contributed by atoms with Crippen molar-refractivity contribution in [3.8, 4) is 0 Å². The number of hydrogen-bond acceptors (Lipinski definition) is 5. The fourth-order valence-corrected chi connectivity index (χ4v) is 2.95. The standard InChI is InChI=1S/C21H20F5N5O3/c1-10(2)13-8-12(20(22,23)21(24,25)26)11-6-7-15-27-14(9-31(15)16(11)28-13)17(32)29-30-18(33)34-19(3,4)5/h6-9H,1H2,2-5H3,(H,29,32)(H,30,33). The summed E-state index contributed by atoms with van der Waals surface area (Å²) in [6, 6.07) is 2.82. The second-order valence-electron chi connectivity index (χ2n) is 8.41. The van der Waals surface area contributed by atoms with Crippen LogP contribution in [-0.4, -0.2) is 38.1 Å². The minimum Gasteiger partial charge on any atom is -0.443 e. The molecule has 0 aromatic carbocycles. The van der Waals surface area contributed by atoms with Crippen LogP contribution in [0.3, 0.4) is 0 Å². The van der Waals surface area contributed by atoms with Crippen LogP contribution >= 0.6 is 0 Å². The summed E-state index contributed by atoms with van der Waals surface area (Å²) in [5.74, 6) is -6.07. The van der Waals surface area contributed by atoms with Gasteiger partial charge in [-0.05, 0) is 51.5 Å². The topological polar surface area (TPSA) is 97.6 Å². The van der Waals surface area contributed by atoms with Gasteiger partial charge in [-0.15, -0.1) is 0 Å². The van der Waals surface area contributed by atoms with E-state index in [0.29, 0.717) is 6.07 Å². The van der Waals surface area contributed by atoms with Crippen LogP contribution in [0.1, 0.15) is 49.4 Å². The monoisotopic (exact) mass is 485 g/mol. The normalized spacial score (nSPS) is 12.6. The molecule has 0 spiro atoms. The second-order valence-corrected chi connectivity index (χ2v) is 8.41. The highest BCUT2D eigenvalue weighted by Crippen LogP contribution is 2.46. The molecule has 0 radical (unpaired) electrons. The summed E-state index contributed by atoms with van der Waals surface area (Å²) in [5, 5.41) is -0.490. The third kappa shape index (κ3) is 4.77. The summed E-state index contributed by atoms with van der Waals surface area (Å²) in [6.07, 6.45) is -5.70. The number of alkyl halides is 5. The van der Waals surface area contributed by atoms with E-state index in [0.717, 1.165) is 16.7 Å². The lowest BCUT2D eigenvalue weighted by molar-refractivity contribution is -0.288. The minimum atomic E-state index is -5.85. The lowest BCUT2D eigenvalue weighted by Crippen LogP contribution is -2.44. The minimum absolute atomic E-state index is 0.0440. The molecule has 0 aliphatic heterocycles. The number of amides is 2. The molecule has 34 heavy (non-hydrogen) atoms. The van der Waals surface area contributed by atoms with E-state index < -0.39 is 40.6 Å². The molecule has 0 aliphatic rings. The Balaban J connectivity index is 2.08. The molecule has 2 amide bonds. The summed E-state index contributed by atoms with van der Waals surface area (Å²) < 4.78 is 74.2. The van der Waals surface area contributed by atoms with Crippen molar-refractivity contribution in [1.82, 2.24) is 25.2 Å². The van der Waals surface area contributed by atoms with E-state index in [2.05, 4.69) is 22.0 Å². The zero-order chi connectivity index (χ0) is 25.6. The van der Waals surface area contributed by atoms with Crippen molar-refractivity contribution in [2.45, 2.75) is 45.4 Å². The smallest absolute Gasteiger partial charge is 0.443 e. The van der Waals surface area contributed by atoms with Crippen LogP contribution in [0.4, 0.5) is 26.7 Å². The molecule has 13 heteroatoms. The van der Waals surface area contributed by atoms with Crippen LogP contribution < -0.4 is 10.9 Å². The molecule has 0 saturated carbocycles. The maximum Gasteiger partial charge on any atom is 0.458 e. The fourth-order valence-electron chi connectivity index (χ4n) is 2.95. The van der Waals surface area contributed by atoms with Crippen LogP contribution in [-0.2, 0) is 10.7 Å². The molecule has 3 aromatic rings. The van der Waals surface area contributed by atoms with Crippen molar-refractivity contribution < 1.29 is 36.3 Å². The number of fused-ring (bicyclic) bond motifs is 3. The van der Waals surface area contributed by atoms with Gasteiger partial charge in [0.2, 0.25) is 0 Å². The summed E-state index contributed by atoms with van der Waals surface area (Å²) in [7, 11) is 0. The van der Waals surface area contributed by atoms with Crippen LogP contribution in [0, 0.1) is 0 Å². The molecule has 0 fully saturated rings. The first kappa shape index (κ1) is 24.9. The fraction of sp³-hybridized carbons (Fsp3) is 0.333. The number of ether oxygens (including phenoxy) is 1. The molecular formula is C21H20F5N5O3. The summed E-state index contributed by atoms with van der Waals surface area (Å²) in [4.78, 5) is 32.3. The highest BCUT2D eigenvalue weighted by molar-refractivity contribution is 5.94. The Morgan fingerprint density at radius 1 is 1.03 bits per heavy atom. The zero-order valence-corrected chi connectivity index (χ0v) is 18.5. The average molecular weight is 485 g/mol. The van der Waals surface area contributed by atoms with Crippen molar-refractivity contribution in [1.29, 1.82) is 0 Å². The maximum atomic E-state index is 14.3. The van der Waals surface area contributed by atoms with Gasteiger partial charge in [0.15, 0.2) is 0 Å². The number of hydrogen-bond donors (Lipinski definition) is 2. The van der Waals surface area contributed by atoms with Crippen molar-refractivity contribution in [2.24, 2.45) is 0 Å². The number of pyridine rings is 2. The first-order valence-electron chi connectivity index (χ1n) is 9.74. The Morgan fingerprint density at radius 3 is 2.24 bits per heavy atom. The predicted octanol–water partition coefficient (Wildman–Crippen LogP) is 4.74. The van der Waals surface area contributed by atoms with E-state index >= 15 is 0 Å². The van der Waals surface area contributed by atoms with Crippen molar-refractivity contribution in [3.05, 3.63) is 47.9 Å². The lowest BCUT2D eigenvalue weighted by Gasteiger charge is -2.22. The molecule has 0 saturated heterocycles. The third-order valence-corrected chi connectivity index (χ3v) is 4.44. The lowest BCUT2D eigenvalue weighted by atomic mass is 10.0. The van der Waals surface area contributed by atoms with Crippen molar-refractivity contribution >= 4 is 34.3 Å². The van der Waals surface area contributed by atoms with Gasteiger partial charge < -0.3 is 4.74 Å². The van der Waals surface area contributed by atoms with E-state index in [-0.39, 0.29) is 28.3 Å². The van der Waals surface area contributed by atoms with Gasteiger partial charge in [0.1, 0.15) is 22.6 Å². The Morgan fingerprint density at radius 2 is 1.68 bits per heavy atom. The molecule has 8 nitrogen and oxygen atoms in total. The molecule has 2 N–H and O–H groups in total. The number of carbonyl (C=O) groups is 2. The number of aromatic nitrogens is 3. The van der Waals surface area contributed by atoms with E-state index in [1.807, 2.05) is 5.43 Å². The van der Waals surface area contributed by atoms with Gasteiger partial charge in [-0.25, -0.2) is 20.2 Å². The number of rotatable bonds is 3. The van der Waals surface area contributed by atoms with E-state index in [1.165, 1.54) is 13.0 Å². The van der Waals surface area contributed by atoms with Gasteiger partial charge in [-0.1, -0.05) is 6.58 Å². The number of allylic oxidation sites excluding steroid dienone is 1. The molecule has 0 bridgehead atoms. The SMILES string of the molecule is C=C(C)c1cc(C(F)(F)C(F)(F)F)c2ccc3nc(C(=O)NNC(=O)OC(C)(C)C)cn3c2n1. The molecule has 3 rings (SSSR count). The number of carbonyl (C=O) groups excluding carboxylic acids is 2. The highest BCUT2D eigenvalue weighted by Gasteiger charge is 2.59. The zero-order valence-electron chi connectivity index (χ0n) is 18.5. The number of hydrazine groups is 1. The number of nitrogens with zero attached hydrogens (tertiary/aromatic N) is 3. The summed E-state index contributed by atoms with van der Waals surface area (Å²) in [6.45, 7) is 9.82. The molecule has 0 aliphatic carbocycles. The number of imidazole rings is 1. The third-order valence-electron chi connectivity index (χ3n) is 4.44. The molecular weight excluding hydrogens is 465 g/mol. The Hall–Kier alpha value is -3.77. The predicted molar refractivity (Wildman–Crippen MR) is 112 cm³/mol. The Labute approximate surface area is 189 Å². The largest absolute Gasteiger partial charge is 0.458 e. The van der Waals surface area contributed by atoms with Crippen molar-refractivity contribution in [2.75, 3.05) is 0 Å². The average Bonchev–Trinajstić information content (AvgIpc) is 3.13.